The van der Waals surface area contributed by atoms with Gasteiger partial charge < -0.3 is 0 Å². The summed E-state index contributed by atoms with van der Waals surface area (Å²) in [6.07, 6.45) is 2.06. The Morgan fingerprint density at radius 3 is 2.93 bits per heavy atom. The Morgan fingerprint density at radius 2 is 2.21 bits per heavy atom. The van der Waals surface area contributed by atoms with E-state index in [-0.39, 0.29) is 5.82 Å². The Bertz CT molecular complexity index is 513. The Balaban J connectivity index is 2.86. The largest absolute Gasteiger partial charge is 0.298 e. The summed E-state index contributed by atoms with van der Waals surface area (Å²) in [5.41, 5.74) is 0.894. The first-order valence-corrected chi connectivity index (χ1v) is 4.70. The summed E-state index contributed by atoms with van der Waals surface area (Å²) in [5, 5.41) is 0.351. The maximum absolute atomic E-state index is 13.3. The Morgan fingerprint density at radius 1 is 1.43 bits per heavy atom. The number of nitrogens with zero attached hydrogens (tertiary/aromatic N) is 1. The summed E-state index contributed by atoms with van der Waals surface area (Å²) in [6, 6.07) is 4.41. The van der Waals surface area contributed by atoms with Gasteiger partial charge >= 0.3 is 0 Å². The van der Waals surface area contributed by atoms with Crippen molar-refractivity contribution in [1.82, 2.24) is 4.98 Å². The van der Waals surface area contributed by atoms with Crippen molar-refractivity contribution in [2.75, 3.05) is 0 Å². The smallest absolute Gasteiger partial charge is 0.151 e. The summed E-state index contributed by atoms with van der Waals surface area (Å²) in [4.78, 5) is 14.5. The molecule has 0 bridgehead atoms. The Hall–Kier alpha value is -1.29. The van der Waals surface area contributed by atoms with E-state index in [0.29, 0.717) is 27.2 Å². The van der Waals surface area contributed by atoms with Gasteiger partial charge in [-0.15, -0.1) is 0 Å². The third-order valence-electron chi connectivity index (χ3n) is 1.90. The minimum Gasteiger partial charge on any atom is -0.298 e. The number of aldehydes is 1. The number of carbonyl (C=O) groups excluding carboxylic acids is 1. The molecule has 70 valence electrons. The van der Waals surface area contributed by atoms with Gasteiger partial charge in [0.05, 0.1) is 5.52 Å². The number of rotatable bonds is 1. The number of aromatic nitrogens is 1. The molecular formula is C10H5BrFNO. The van der Waals surface area contributed by atoms with Crippen LogP contribution in [0.5, 0.6) is 0 Å². The fourth-order valence-corrected chi connectivity index (χ4v) is 1.68. The van der Waals surface area contributed by atoms with Gasteiger partial charge in [-0.3, -0.25) is 9.78 Å². The zero-order valence-corrected chi connectivity index (χ0v) is 8.58. The fraction of sp³-hybridized carbons (Fsp3) is 0. The molecule has 1 heterocycles. The molecule has 0 aliphatic carbocycles. The van der Waals surface area contributed by atoms with E-state index in [9.17, 15) is 9.18 Å². The summed E-state index contributed by atoms with van der Waals surface area (Å²) in [5.74, 6) is -0.376. The zero-order chi connectivity index (χ0) is 10.1. The maximum Gasteiger partial charge on any atom is 0.151 e. The van der Waals surface area contributed by atoms with E-state index in [1.54, 1.807) is 6.07 Å². The summed E-state index contributed by atoms with van der Waals surface area (Å²) >= 11 is 3.26. The highest BCUT2D eigenvalue weighted by Gasteiger charge is 2.05. The lowest BCUT2D eigenvalue weighted by Gasteiger charge is -2.01. The molecular weight excluding hydrogens is 249 g/mol. The monoisotopic (exact) mass is 253 g/mol. The molecule has 0 fully saturated rings. The molecule has 0 spiro atoms. The number of carbonyl (C=O) groups is 1. The molecule has 14 heavy (non-hydrogen) atoms. The average Bonchev–Trinajstić information content (AvgIpc) is 2.23. The molecule has 0 unspecified atom stereocenters. The number of hydrogen-bond donors (Lipinski definition) is 0. The molecule has 4 heteroatoms. The van der Waals surface area contributed by atoms with Crippen LogP contribution in [0.4, 0.5) is 4.39 Å². The van der Waals surface area contributed by atoms with E-state index in [1.807, 2.05) is 0 Å². The molecule has 2 aromatic rings. The Kier molecular flexibility index (Phi) is 2.29. The molecule has 1 aromatic carbocycles. The molecule has 1 aromatic heterocycles. The quantitative estimate of drug-likeness (QED) is 0.732. The zero-order valence-electron chi connectivity index (χ0n) is 7.00. The highest BCUT2D eigenvalue weighted by atomic mass is 79.9. The van der Waals surface area contributed by atoms with Crippen molar-refractivity contribution in [3.8, 4) is 0 Å². The second-order valence-electron chi connectivity index (χ2n) is 2.81. The summed E-state index contributed by atoms with van der Waals surface area (Å²) in [7, 11) is 0. The molecule has 2 nitrogen and oxygen atoms in total. The molecule has 0 radical (unpaired) electrons. The third-order valence-corrected chi connectivity index (χ3v) is 2.54. The van der Waals surface area contributed by atoms with Crippen LogP contribution in [-0.2, 0) is 0 Å². The number of fused-ring (bicyclic) bond motifs is 1. The first-order chi connectivity index (χ1) is 6.72. The van der Waals surface area contributed by atoms with Crippen LogP contribution >= 0.6 is 15.9 Å². The van der Waals surface area contributed by atoms with Crippen molar-refractivity contribution in [3.05, 3.63) is 40.2 Å². The third kappa shape index (κ3) is 1.42. The molecule has 0 aliphatic rings. The second kappa shape index (κ2) is 3.46. The number of pyridine rings is 1. The van der Waals surface area contributed by atoms with Crippen LogP contribution in [0.3, 0.4) is 0 Å². The van der Waals surface area contributed by atoms with Gasteiger partial charge in [0.25, 0.3) is 0 Å². The second-order valence-corrected chi connectivity index (χ2v) is 3.67. The first-order valence-electron chi connectivity index (χ1n) is 3.91. The molecule has 0 N–H and O–H groups in total. The van der Waals surface area contributed by atoms with Crippen LogP contribution in [0, 0.1) is 5.82 Å². The number of hydrogen-bond acceptors (Lipinski definition) is 2. The van der Waals surface area contributed by atoms with Gasteiger partial charge in [-0.05, 0) is 34.1 Å². The van der Waals surface area contributed by atoms with Crippen molar-refractivity contribution in [2.45, 2.75) is 0 Å². The lowest BCUT2D eigenvalue weighted by atomic mass is 10.1. The molecule has 0 saturated carbocycles. The minimum atomic E-state index is -0.376. The molecule has 0 saturated heterocycles. The predicted octanol–water partition coefficient (Wildman–Crippen LogP) is 2.95. The van der Waals surface area contributed by atoms with Crippen molar-refractivity contribution in [1.29, 1.82) is 0 Å². The van der Waals surface area contributed by atoms with Gasteiger partial charge in [0, 0.05) is 21.6 Å². The molecule has 0 amide bonds. The summed E-state index contributed by atoms with van der Waals surface area (Å²) in [6.45, 7) is 0. The fourth-order valence-electron chi connectivity index (χ4n) is 1.23. The van der Waals surface area contributed by atoms with Gasteiger partial charge in [-0.2, -0.15) is 0 Å². The van der Waals surface area contributed by atoms with Gasteiger partial charge in [-0.25, -0.2) is 4.39 Å². The van der Waals surface area contributed by atoms with Gasteiger partial charge in [0.1, 0.15) is 5.82 Å². The molecule has 2 rings (SSSR count). The lowest BCUT2D eigenvalue weighted by Crippen LogP contribution is -1.88. The van der Waals surface area contributed by atoms with E-state index < -0.39 is 0 Å². The number of halogens is 2. The number of benzene rings is 1. The average molecular weight is 254 g/mol. The lowest BCUT2D eigenvalue weighted by molar-refractivity contribution is 0.112. The first kappa shape index (κ1) is 9.27. The van der Waals surface area contributed by atoms with Crippen LogP contribution in [0.1, 0.15) is 10.4 Å². The highest BCUT2D eigenvalue weighted by Crippen LogP contribution is 2.24. The van der Waals surface area contributed by atoms with Gasteiger partial charge in [-0.1, -0.05) is 0 Å². The van der Waals surface area contributed by atoms with E-state index in [4.69, 9.17) is 0 Å². The molecule has 0 atom stereocenters. The predicted molar refractivity (Wildman–Crippen MR) is 54.8 cm³/mol. The van der Waals surface area contributed by atoms with E-state index >= 15 is 0 Å². The highest BCUT2D eigenvalue weighted by molar-refractivity contribution is 9.10. The van der Waals surface area contributed by atoms with Crippen LogP contribution in [0.2, 0.25) is 0 Å². The Labute approximate surface area is 87.9 Å². The van der Waals surface area contributed by atoms with E-state index in [0.717, 1.165) is 0 Å². The maximum atomic E-state index is 13.3. The van der Waals surface area contributed by atoms with Crippen LogP contribution in [0.15, 0.2) is 28.9 Å². The van der Waals surface area contributed by atoms with Crippen LogP contribution in [-0.4, -0.2) is 11.3 Å². The SMILES string of the molecule is O=Cc1cnc2c(Br)ccc(F)c2c1. The van der Waals surface area contributed by atoms with E-state index in [1.165, 1.54) is 18.3 Å². The van der Waals surface area contributed by atoms with Crippen molar-refractivity contribution in [2.24, 2.45) is 0 Å². The molecule has 0 aliphatic heterocycles. The normalized spacial score (nSPS) is 10.4. The topological polar surface area (TPSA) is 30.0 Å². The standard InChI is InChI=1S/C10H5BrFNO/c11-8-1-2-9(12)7-3-6(5-14)4-13-10(7)8/h1-5H. The van der Waals surface area contributed by atoms with E-state index in [2.05, 4.69) is 20.9 Å². The minimum absolute atomic E-state index is 0.351. The van der Waals surface area contributed by atoms with Crippen molar-refractivity contribution >= 4 is 33.1 Å². The van der Waals surface area contributed by atoms with Gasteiger partial charge in [0.2, 0.25) is 0 Å². The summed E-state index contributed by atoms with van der Waals surface area (Å²) < 4.78 is 14.0. The van der Waals surface area contributed by atoms with Crippen molar-refractivity contribution in [3.63, 3.8) is 0 Å². The van der Waals surface area contributed by atoms with Crippen LogP contribution in [0.25, 0.3) is 10.9 Å². The van der Waals surface area contributed by atoms with Crippen molar-refractivity contribution < 1.29 is 9.18 Å². The van der Waals surface area contributed by atoms with Crippen LogP contribution < -0.4 is 0 Å². The van der Waals surface area contributed by atoms with Gasteiger partial charge in [0.15, 0.2) is 6.29 Å².